The van der Waals surface area contributed by atoms with E-state index in [1.165, 1.54) is 30.6 Å². The van der Waals surface area contributed by atoms with Crippen LogP contribution in [-0.2, 0) is 11.0 Å². The van der Waals surface area contributed by atoms with Gasteiger partial charge >= 0.3 is 6.18 Å². The van der Waals surface area contributed by atoms with E-state index in [-0.39, 0.29) is 14.8 Å². The van der Waals surface area contributed by atoms with Crippen molar-refractivity contribution in [3.63, 3.8) is 0 Å². The molecule has 0 radical (unpaired) electrons. The molecule has 32 heavy (non-hydrogen) atoms. The number of Topliss-reactive ketones (excluding diaryl/α,β-unsaturated/α-hetero) is 1. The van der Waals surface area contributed by atoms with E-state index in [0.717, 1.165) is 28.0 Å². The monoisotopic (exact) mass is 457 g/mol. The molecule has 164 valence electrons. The topological polar surface area (TPSA) is 75.8 Å². The van der Waals surface area contributed by atoms with Gasteiger partial charge in [-0.3, -0.25) is 19.1 Å². The van der Waals surface area contributed by atoms with E-state index >= 15 is 0 Å². The highest BCUT2D eigenvalue weighted by atomic mass is 32.1. The number of pyridine rings is 1. The number of hydrogen-bond donors (Lipinski definition) is 0. The van der Waals surface area contributed by atoms with E-state index in [4.69, 9.17) is 0 Å². The Balaban J connectivity index is 2.53. The molecule has 1 aromatic carbocycles. The first-order chi connectivity index (χ1) is 14.9. The molecule has 2 aromatic heterocycles. The molecular weight excluding hydrogens is 439 g/mol. The number of carbonyl (C=O) groups excluding carboxylic acids is 1. The summed E-state index contributed by atoms with van der Waals surface area (Å²) in [5.74, 6) is -0.574. The third-order valence-corrected chi connectivity index (χ3v) is 5.60. The Morgan fingerprint density at radius 3 is 2.31 bits per heavy atom. The number of halogens is 3. The van der Waals surface area contributed by atoms with Crippen LogP contribution in [0.1, 0.15) is 31.9 Å². The fourth-order valence-electron chi connectivity index (χ4n) is 2.96. The summed E-state index contributed by atoms with van der Waals surface area (Å²) in [5.41, 5.74) is -2.99. The van der Waals surface area contributed by atoms with Gasteiger partial charge in [-0.1, -0.05) is 32.9 Å². The van der Waals surface area contributed by atoms with Crippen molar-refractivity contribution >= 4 is 28.8 Å². The number of aromatic nitrogens is 2. The number of nitriles is 1. The summed E-state index contributed by atoms with van der Waals surface area (Å²) < 4.78 is 41.9. The van der Waals surface area contributed by atoms with Crippen molar-refractivity contribution in [2.75, 3.05) is 0 Å². The molecule has 0 aliphatic heterocycles. The van der Waals surface area contributed by atoms with Gasteiger partial charge in [-0.25, -0.2) is 0 Å². The van der Waals surface area contributed by atoms with Gasteiger partial charge in [-0.05, 0) is 35.9 Å². The van der Waals surface area contributed by atoms with Gasteiger partial charge in [-0.15, -0.1) is 11.3 Å². The highest BCUT2D eigenvalue weighted by molar-refractivity contribution is 7.07. The van der Waals surface area contributed by atoms with Gasteiger partial charge in [0.15, 0.2) is 5.78 Å². The van der Waals surface area contributed by atoms with Crippen LogP contribution in [0.3, 0.4) is 0 Å². The zero-order valence-corrected chi connectivity index (χ0v) is 18.2. The highest BCUT2D eigenvalue weighted by Gasteiger charge is 2.35. The Morgan fingerprint density at radius 2 is 1.75 bits per heavy atom. The van der Waals surface area contributed by atoms with Gasteiger partial charge in [0, 0.05) is 17.8 Å². The van der Waals surface area contributed by atoms with Gasteiger partial charge in [0.25, 0.3) is 5.56 Å². The molecule has 0 amide bonds. The lowest BCUT2D eigenvalue weighted by molar-refractivity contribution is -0.137. The van der Waals surface area contributed by atoms with E-state index in [2.05, 4.69) is 4.98 Å². The summed E-state index contributed by atoms with van der Waals surface area (Å²) in [6.07, 6.45) is -0.242. The number of rotatable bonds is 3. The molecule has 0 aliphatic rings. The molecule has 0 unspecified atom stereocenters. The number of ketones is 1. The lowest BCUT2D eigenvalue weighted by Gasteiger charge is -2.16. The van der Waals surface area contributed by atoms with Crippen LogP contribution in [0.25, 0.3) is 17.3 Å². The largest absolute Gasteiger partial charge is 0.418 e. The number of benzene rings is 1. The van der Waals surface area contributed by atoms with Crippen LogP contribution < -0.4 is 14.8 Å². The molecule has 5 nitrogen and oxygen atoms in total. The predicted octanol–water partition coefficient (Wildman–Crippen LogP) is 3.43. The maximum absolute atomic E-state index is 13.7. The minimum Gasteiger partial charge on any atom is -0.293 e. The fourth-order valence-corrected chi connectivity index (χ4v) is 4.05. The van der Waals surface area contributed by atoms with E-state index in [0.29, 0.717) is 5.56 Å². The molecule has 0 saturated carbocycles. The summed E-state index contributed by atoms with van der Waals surface area (Å²) in [5, 5.41) is 9.75. The first-order valence-electron chi connectivity index (χ1n) is 9.44. The summed E-state index contributed by atoms with van der Waals surface area (Å²) in [7, 11) is 0. The molecule has 0 N–H and O–H groups in total. The number of thiazole rings is 1. The maximum atomic E-state index is 13.7. The van der Waals surface area contributed by atoms with E-state index in [1.54, 1.807) is 32.9 Å². The summed E-state index contributed by atoms with van der Waals surface area (Å²) in [6.45, 7) is 4.78. The Kier molecular flexibility index (Phi) is 6.19. The van der Waals surface area contributed by atoms with Crippen molar-refractivity contribution in [1.29, 1.82) is 5.26 Å². The molecule has 0 atom stereocenters. The van der Waals surface area contributed by atoms with Gasteiger partial charge < -0.3 is 0 Å². The molecule has 0 aliphatic carbocycles. The van der Waals surface area contributed by atoms with Crippen molar-refractivity contribution in [2.45, 2.75) is 26.9 Å². The quantitative estimate of drug-likeness (QED) is 0.604. The van der Waals surface area contributed by atoms with Crippen LogP contribution >= 0.6 is 11.3 Å². The Labute approximate surface area is 185 Å². The molecular formula is C23H18F3N3O2S. The van der Waals surface area contributed by atoms with Crippen LogP contribution in [-0.4, -0.2) is 15.3 Å². The van der Waals surface area contributed by atoms with Gasteiger partial charge in [0.05, 0.1) is 15.8 Å². The molecule has 2 heterocycles. The van der Waals surface area contributed by atoms with Crippen LogP contribution in [0, 0.1) is 16.7 Å². The van der Waals surface area contributed by atoms with Crippen molar-refractivity contribution in [3.8, 4) is 11.8 Å². The molecule has 9 heteroatoms. The molecule has 3 rings (SSSR count). The van der Waals surface area contributed by atoms with Gasteiger partial charge in [-0.2, -0.15) is 18.4 Å². The Morgan fingerprint density at radius 1 is 1.12 bits per heavy atom. The number of carbonyl (C=O) groups is 1. The normalized spacial score (nSPS) is 13.6. The first-order valence-corrected chi connectivity index (χ1v) is 10.3. The lowest BCUT2D eigenvalue weighted by Crippen LogP contribution is -2.34. The average molecular weight is 457 g/mol. The van der Waals surface area contributed by atoms with Crippen LogP contribution in [0.5, 0.6) is 0 Å². The van der Waals surface area contributed by atoms with E-state index in [1.807, 2.05) is 6.07 Å². The summed E-state index contributed by atoms with van der Waals surface area (Å²) >= 11 is 0.799. The molecule has 3 aromatic rings. The number of para-hydroxylation sites is 1. The molecule has 0 bridgehead atoms. The van der Waals surface area contributed by atoms with E-state index < -0.39 is 34.2 Å². The highest BCUT2D eigenvalue weighted by Crippen LogP contribution is 2.33. The second-order valence-corrected chi connectivity index (χ2v) is 8.95. The first kappa shape index (κ1) is 23.2. The smallest absolute Gasteiger partial charge is 0.293 e. The minimum atomic E-state index is -4.74. The zero-order chi connectivity index (χ0) is 23.7. The lowest BCUT2D eigenvalue weighted by atomic mass is 9.87. The van der Waals surface area contributed by atoms with Crippen LogP contribution in [0.4, 0.5) is 13.2 Å². The fraction of sp³-hybridized carbons (Fsp3) is 0.217. The molecule has 0 spiro atoms. The van der Waals surface area contributed by atoms with Crippen molar-refractivity contribution in [2.24, 2.45) is 5.41 Å². The van der Waals surface area contributed by atoms with Gasteiger partial charge in [0.2, 0.25) is 0 Å². The number of alkyl halides is 3. The third kappa shape index (κ3) is 4.55. The second-order valence-electron chi connectivity index (χ2n) is 7.92. The van der Waals surface area contributed by atoms with Crippen LogP contribution in [0.2, 0.25) is 0 Å². The minimum absolute atomic E-state index is 0.0811. The maximum Gasteiger partial charge on any atom is 0.418 e. The zero-order valence-electron chi connectivity index (χ0n) is 17.4. The summed E-state index contributed by atoms with van der Waals surface area (Å²) in [6, 6.07) is 9.64. The van der Waals surface area contributed by atoms with Gasteiger partial charge in [0.1, 0.15) is 16.3 Å². The van der Waals surface area contributed by atoms with Crippen molar-refractivity contribution in [3.05, 3.63) is 79.5 Å². The number of hydrogen-bond acceptors (Lipinski definition) is 5. The third-order valence-electron chi connectivity index (χ3n) is 4.51. The predicted molar refractivity (Wildman–Crippen MR) is 115 cm³/mol. The molecule has 0 saturated heterocycles. The average Bonchev–Trinajstić information content (AvgIpc) is 3.03. The Hall–Kier alpha value is -3.51. The number of nitrogens with zero attached hydrogens (tertiary/aromatic N) is 3. The SMILES string of the molecule is CC(C)(C)C(=O)/C(C#N)=c1\s/c(=C\c2ccncc2)c(=O)n1-c1ccccc1C(F)(F)F. The standard InChI is InChI=1S/C23H18F3N3O2S/c1-22(2,3)19(30)15(13-27)21-29(17-7-5-4-6-16(17)23(24,25)26)20(31)18(32-21)12-14-8-10-28-11-9-14/h4-12H,1-3H3/b18-12-,21-15-. The molecule has 0 fully saturated rings. The van der Waals surface area contributed by atoms with Crippen molar-refractivity contribution in [1.82, 2.24) is 9.55 Å². The van der Waals surface area contributed by atoms with Crippen LogP contribution in [0.15, 0.2) is 53.6 Å². The van der Waals surface area contributed by atoms with E-state index in [9.17, 15) is 28.0 Å². The Bertz CT molecular complexity index is 1390. The second kappa shape index (κ2) is 8.55. The summed E-state index contributed by atoms with van der Waals surface area (Å²) in [4.78, 5) is 30.1. The van der Waals surface area contributed by atoms with Crippen molar-refractivity contribution < 1.29 is 18.0 Å².